The Morgan fingerprint density at radius 2 is 1.32 bits per heavy atom. The van der Waals surface area contributed by atoms with E-state index in [9.17, 15) is 34.5 Å². The third kappa shape index (κ3) is 13.4. The largest absolute Gasteiger partial charge is 0.463 e. The zero-order chi connectivity index (χ0) is 53.5. The molecule has 0 saturated carbocycles. The van der Waals surface area contributed by atoms with Crippen LogP contribution < -0.4 is 0 Å². The van der Waals surface area contributed by atoms with Gasteiger partial charge in [-0.05, 0) is 98.2 Å². The first-order valence-corrected chi connectivity index (χ1v) is 25.2. The van der Waals surface area contributed by atoms with Gasteiger partial charge in [0.1, 0.15) is 18.3 Å². The van der Waals surface area contributed by atoms with Crippen LogP contribution in [0.15, 0.2) is 60.7 Å². The molecule has 0 bridgehead atoms. The van der Waals surface area contributed by atoms with Crippen molar-refractivity contribution in [3.63, 3.8) is 0 Å². The summed E-state index contributed by atoms with van der Waals surface area (Å²) in [4.78, 5) is 56.4. The summed E-state index contributed by atoms with van der Waals surface area (Å²) in [6.45, 7) is 16.0. The number of likely N-dealkylation sites (N-methyl/N-ethyl adjacent to an activating group) is 1. The molecule has 404 valence electrons. The highest BCUT2D eigenvalue weighted by atomic mass is 16.7. The molecule has 2 aromatic rings. The number of hydrogen-bond donors (Lipinski definition) is 3. The van der Waals surface area contributed by atoms with Gasteiger partial charge in [0.25, 0.3) is 0 Å². The third-order valence-electron chi connectivity index (χ3n) is 15.3. The molecule has 2 aromatic carbocycles. The van der Waals surface area contributed by atoms with Crippen molar-refractivity contribution in [1.29, 1.82) is 0 Å². The van der Waals surface area contributed by atoms with Crippen molar-refractivity contribution in [2.45, 2.75) is 185 Å². The first-order chi connectivity index (χ1) is 33.8. The molecule has 0 amide bonds. The minimum Gasteiger partial charge on any atom is -0.463 e. The van der Waals surface area contributed by atoms with Gasteiger partial charge in [-0.2, -0.15) is 0 Å². The summed E-state index contributed by atoms with van der Waals surface area (Å²) in [5.74, 6) is -6.62. The van der Waals surface area contributed by atoms with E-state index in [1.54, 1.807) is 109 Å². The standard InChI is InChI=1S/C54H81NO17/c1-15-40-54(62,29-65-36(8)56)45(58)32(4)42(57)30(2)27-52(9,63-13)46(72-51-44(39(55(11)12)26-31(3)66-51)70-49(60)37-22-18-16-19-23-37)33(5)43(34(6)48(59)68-40)69-41-28-53(10,64-14)47(35(7)67-41)71-50(61)38-24-20-17-21-25-38/h16-25,30-35,39-47,51,57-58,62H,15,26-29H2,1-14H3/t30-,31-,32+,33+,34-,35+,39+,40-,41+,42+,43+,44-,45?,46-,47+,51+,52-,53-,54-/m1/s1. The number of aliphatic hydroxyl groups is 3. The molecule has 0 spiro atoms. The summed E-state index contributed by atoms with van der Waals surface area (Å²) in [6, 6.07) is 16.7. The maximum Gasteiger partial charge on any atom is 0.338 e. The fourth-order valence-electron chi connectivity index (χ4n) is 10.8. The van der Waals surface area contributed by atoms with E-state index in [1.165, 1.54) is 14.2 Å². The van der Waals surface area contributed by atoms with Gasteiger partial charge in [-0.15, -0.1) is 0 Å². The molecule has 3 saturated heterocycles. The molecule has 72 heavy (non-hydrogen) atoms. The number of cyclic esters (lactones) is 1. The predicted octanol–water partition coefficient (Wildman–Crippen LogP) is 5.50. The third-order valence-corrected chi connectivity index (χ3v) is 15.3. The summed E-state index contributed by atoms with van der Waals surface area (Å²) in [6.07, 6.45) is -11.8. The number of esters is 4. The van der Waals surface area contributed by atoms with Crippen LogP contribution in [0.2, 0.25) is 0 Å². The normalized spacial score (nSPS) is 39.3. The van der Waals surface area contributed by atoms with Crippen LogP contribution in [0.1, 0.15) is 116 Å². The lowest BCUT2D eigenvalue weighted by Gasteiger charge is -2.50. The SMILES string of the molecule is CC[C@H]1OC(=O)[C@H](C)[C@@H](O[C@H]2C[C@@](C)(OC)[C@@H](OC(=O)c3ccccc3)[C@H](C)O2)[C@H](C)[C@@H](O[C@@H]2O[C@H](C)C[C@H](N(C)C)[C@H]2OC(=O)c2ccccc2)[C@](C)(OC)C[C@@H](C)[C@H](O)[C@H](C)C(O)[C@@]1(O)COC(C)=O. The van der Waals surface area contributed by atoms with Gasteiger partial charge in [0, 0.05) is 39.4 Å². The van der Waals surface area contributed by atoms with Crippen LogP contribution in [-0.2, 0) is 57.0 Å². The molecule has 3 aliphatic rings. The van der Waals surface area contributed by atoms with Crippen LogP contribution in [0, 0.1) is 23.7 Å². The highest BCUT2D eigenvalue weighted by molar-refractivity contribution is 5.90. The Morgan fingerprint density at radius 1 is 0.764 bits per heavy atom. The fourth-order valence-corrected chi connectivity index (χ4v) is 10.8. The average Bonchev–Trinajstić information content (AvgIpc) is 3.36. The summed E-state index contributed by atoms with van der Waals surface area (Å²) in [7, 11) is 6.75. The lowest BCUT2D eigenvalue weighted by Crippen LogP contribution is -2.63. The second-order valence-electron chi connectivity index (χ2n) is 20.9. The number of carbonyl (C=O) groups is 4. The lowest BCUT2D eigenvalue weighted by atomic mass is 9.73. The molecular weight excluding hydrogens is 935 g/mol. The maximum atomic E-state index is 14.9. The highest BCUT2D eigenvalue weighted by Gasteiger charge is 2.56. The summed E-state index contributed by atoms with van der Waals surface area (Å²) >= 11 is 0. The van der Waals surface area contributed by atoms with Gasteiger partial charge in [0.15, 0.2) is 30.4 Å². The molecule has 0 aliphatic carbocycles. The van der Waals surface area contributed by atoms with Gasteiger partial charge in [0.2, 0.25) is 0 Å². The summed E-state index contributed by atoms with van der Waals surface area (Å²) in [5.41, 5.74) is -4.28. The van der Waals surface area contributed by atoms with Crippen molar-refractivity contribution in [2.75, 3.05) is 34.9 Å². The Bertz CT molecular complexity index is 2080. The topological polar surface area (TPSA) is 225 Å². The Balaban J connectivity index is 1.65. The van der Waals surface area contributed by atoms with Gasteiger partial charge in [-0.25, -0.2) is 9.59 Å². The molecule has 18 nitrogen and oxygen atoms in total. The van der Waals surface area contributed by atoms with Gasteiger partial charge in [-0.3, -0.25) is 9.59 Å². The quantitative estimate of drug-likeness (QED) is 0.157. The van der Waals surface area contributed by atoms with Crippen molar-refractivity contribution in [3.8, 4) is 0 Å². The lowest BCUT2D eigenvalue weighted by molar-refractivity contribution is -0.319. The molecule has 18 heteroatoms. The monoisotopic (exact) mass is 1020 g/mol. The van der Waals surface area contributed by atoms with E-state index in [2.05, 4.69) is 0 Å². The van der Waals surface area contributed by atoms with Crippen LogP contribution in [0.3, 0.4) is 0 Å². The van der Waals surface area contributed by atoms with E-state index in [4.69, 9.17) is 47.4 Å². The zero-order valence-electron chi connectivity index (χ0n) is 44.6. The number of benzene rings is 2. The fraction of sp³-hybridized carbons (Fsp3) is 0.704. The molecule has 3 aliphatic heterocycles. The second-order valence-corrected chi connectivity index (χ2v) is 20.9. The molecule has 19 atom stereocenters. The Hall–Kier alpha value is -4.08. The summed E-state index contributed by atoms with van der Waals surface area (Å²) < 4.78 is 63.8. The molecule has 5 rings (SSSR count). The molecule has 3 fully saturated rings. The number of rotatable bonds is 14. The number of ether oxygens (including phenoxy) is 10. The van der Waals surface area contributed by atoms with Crippen molar-refractivity contribution < 1.29 is 81.9 Å². The van der Waals surface area contributed by atoms with Crippen molar-refractivity contribution in [2.24, 2.45) is 23.7 Å². The average molecular weight is 1020 g/mol. The van der Waals surface area contributed by atoms with E-state index < -0.39 is 132 Å². The van der Waals surface area contributed by atoms with E-state index in [0.717, 1.165) is 6.92 Å². The predicted molar refractivity (Wildman–Crippen MR) is 262 cm³/mol. The number of carbonyl (C=O) groups excluding carboxylic acids is 4. The Kier molecular flexibility index (Phi) is 20.4. The minimum absolute atomic E-state index is 0.0109. The molecule has 0 aromatic heterocycles. The highest BCUT2D eigenvalue weighted by Crippen LogP contribution is 2.43. The zero-order valence-corrected chi connectivity index (χ0v) is 44.6. The van der Waals surface area contributed by atoms with Crippen LogP contribution in [0.25, 0.3) is 0 Å². The van der Waals surface area contributed by atoms with Gasteiger partial charge < -0.3 is 67.6 Å². The number of nitrogens with zero attached hydrogens (tertiary/aromatic N) is 1. The van der Waals surface area contributed by atoms with Crippen LogP contribution in [-0.4, -0.2) is 169 Å². The number of hydrogen-bond acceptors (Lipinski definition) is 18. The van der Waals surface area contributed by atoms with Crippen molar-refractivity contribution in [1.82, 2.24) is 4.90 Å². The molecule has 3 N–H and O–H groups in total. The van der Waals surface area contributed by atoms with Gasteiger partial charge in [0.05, 0.1) is 65.3 Å². The van der Waals surface area contributed by atoms with E-state index in [1.807, 2.05) is 32.8 Å². The number of aliphatic hydroxyl groups excluding tert-OH is 2. The molecule has 1 unspecified atom stereocenters. The molecular formula is C54H81NO17. The Morgan fingerprint density at radius 3 is 1.85 bits per heavy atom. The molecule has 3 heterocycles. The van der Waals surface area contributed by atoms with Crippen LogP contribution >= 0.6 is 0 Å². The van der Waals surface area contributed by atoms with Crippen LogP contribution in [0.5, 0.6) is 0 Å². The molecule has 0 radical (unpaired) electrons. The smallest absolute Gasteiger partial charge is 0.338 e. The van der Waals surface area contributed by atoms with E-state index in [-0.39, 0.29) is 31.4 Å². The minimum atomic E-state index is -2.38. The van der Waals surface area contributed by atoms with Crippen molar-refractivity contribution >= 4 is 23.9 Å². The number of methoxy groups -OCH3 is 2. The maximum absolute atomic E-state index is 14.9. The Labute approximate surface area is 425 Å². The van der Waals surface area contributed by atoms with E-state index >= 15 is 0 Å². The van der Waals surface area contributed by atoms with E-state index in [0.29, 0.717) is 17.5 Å². The summed E-state index contributed by atoms with van der Waals surface area (Å²) in [5, 5.41) is 36.6. The first-order valence-electron chi connectivity index (χ1n) is 25.2. The second kappa shape index (κ2) is 25.0. The van der Waals surface area contributed by atoms with Crippen LogP contribution in [0.4, 0.5) is 0 Å². The first kappa shape index (κ1) is 58.8. The van der Waals surface area contributed by atoms with Crippen molar-refractivity contribution in [3.05, 3.63) is 71.8 Å². The van der Waals surface area contributed by atoms with Gasteiger partial charge >= 0.3 is 23.9 Å². The van der Waals surface area contributed by atoms with Gasteiger partial charge in [-0.1, -0.05) is 64.1 Å².